The van der Waals surface area contributed by atoms with Crippen LogP contribution in [0.2, 0.25) is 5.02 Å². The van der Waals surface area contributed by atoms with Gasteiger partial charge in [-0.1, -0.05) is 44.5 Å². The molecule has 0 spiro atoms. The molecule has 0 bridgehead atoms. The van der Waals surface area contributed by atoms with Crippen molar-refractivity contribution in [2.45, 2.75) is 26.2 Å². The molecular formula is C17H17BrClNO. The minimum absolute atomic E-state index is 0.0744. The monoisotopic (exact) mass is 365 g/mol. The summed E-state index contributed by atoms with van der Waals surface area (Å²) in [6, 6.07) is 12.9. The Morgan fingerprint density at radius 3 is 2.29 bits per heavy atom. The van der Waals surface area contributed by atoms with Crippen LogP contribution in [0.15, 0.2) is 46.9 Å². The third-order valence-corrected chi connectivity index (χ3v) is 4.12. The Morgan fingerprint density at radius 2 is 1.71 bits per heavy atom. The van der Waals surface area contributed by atoms with E-state index in [-0.39, 0.29) is 11.3 Å². The van der Waals surface area contributed by atoms with Crippen LogP contribution < -0.4 is 5.32 Å². The van der Waals surface area contributed by atoms with E-state index in [1.807, 2.05) is 24.3 Å². The topological polar surface area (TPSA) is 29.1 Å². The second-order valence-corrected chi connectivity index (χ2v) is 7.20. The second-order valence-electron chi connectivity index (χ2n) is 5.91. The number of carbonyl (C=O) groups is 1. The van der Waals surface area contributed by atoms with Crippen LogP contribution in [-0.4, -0.2) is 5.91 Å². The van der Waals surface area contributed by atoms with E-state index < -0.39 is 0 Å². The predicted octanol–water partition coefficient (Wildman–Crippen LogP) is 5.65. The van der Waals surface area contributed by atoms with Crippen molar-refractivity contribution in [2.24, 2.45) is 0 Å². The van der Waals surface area contributed by atoms with E-state index in [2.05, 4.69) is 42.0 Å². The van der Waals surface area contributed by atoms with Crippen molar-refractivity contribution in [1.82, 2.24) is 0 Å². The highest BCUT2D eigenvalue weighted by Crippen LogP contribution is 2.27. The molecule has 0 aliphatic carbocycles. The average molecular weight is 367 g/mol. The van der Waals surface area contributed by atoms with Crippen LogP contribution >= 0.6 is 27.5 Å². The first-order chi connectivity index (χ1) is 9.77. The van der Waals surface area contributed by atoms with E-state index in [0.29, 0.717) is 16.3 Å². The minimum Gasteiger partial charge on any atom is -0.321 e. The molecule has 0 aliphatic rings. The van der Waals surface area contributed by atoms with Crippen LogP contribution in [0.3, 0.4) is 0 Å². The summed E-state index contributed by atoms with van der Waals surface area (Å²) in [5.41, 5.74) is 2.55. The van der Waals surface area contributed by atoms with Crippen LogP contribution in [-0.2, 0) is 5.41 Å². The molecule has 0 heterocycles. The van der Waals surface area contributed by atoms with Crippen molar-refractivity contribution < 1.29 is 4.79 Å². The third-order valence-electron chi connectivity index (χ3n) is 3.19. The molecule has 0 unspecified atom stereocenters. The standard InChI is InChI=1S/C17H17BrClNO/c1-17(2,3)12-6-4-11(5-7-12)16(21)20-15-10-13(19)8-9-14(15)18/h4-10H,1-3H3,(H,20,21). The summed E-state index contributed by atoms with van der Waals surface area (Å²) in [7, 11) is 0. The van der Waals surface area contributed by atoms with E-state index in [1.54, 1.807) is 18.2 Å². The lowest BCUT2D eigenvalue weighted by Crippen LogP contribution is -2.14. The lowest BCUT2D eigenvalue weighted by Gasteiger charge is -2.19. The Morgan fingerprint density at radius 1 is 1.10 bits per heavy atom. The molecule has 0 aliphatic heterocycles. The van der Waals surface area contributed by atoms with Crippen molar-refractivity contribution in [2.75, 3.05) is 5.32 Å². The molecule has 2 aromatic carbocycles. The fourth-order valence-electron chi connectivity index (χ4n) is 1.91. The molecule has 0 saturated heterocycles. The summed E-state index contributed by atoms with van der Waals surface area (Å²) in [5, 5.41) is 3.44. The van der Waals surface area contributed by atoms with Gasteiger partial charge in [-0.2, -0.15) is 0 Å². The van der Waals surface area contributed by atoms with Crippen molar-refractivity contribution >= 4 is 39.1 Å². The van der Waals surface area contributed by atoms with Gasteiger partial charge in [-0.25, -0.2) is 0 Å². The summed E-state index contributed by atoms with van der Waals surface area (Å²) >= 11 is 9.34. The molecule has 0 radical (unpaired) electrons. The molecule has 0 saturated carbocycles. The highest BCUT2D eigenvalue weighted by atomic mass is 79.9. The molecule has 4 heteroatoms. The summed E-state index contributed by atoms with van der Waals surface area (Å²) in [6.07, 6.45) is 0. The van der Waals surface area contributed by atoms with Gasteiger partial charge in [0.1, 0.15) is 0 Å². The fourth-order valence-corrected chi connectivity index (χ4v) is 2.43. The van der Waals surface area contributed by atoms with Crippen LogP contribution in [0.4, 0.5) is 5.69 Å². The van der Waals surface area contributed by atoms with Gasteiger partial charge >= 0.3 is 0 Å². The molecular weight excluding hydrogens is 350 g/mol. The van der Waals surface area contributed by atoms with Crippen LogP contribution in [0, 0.1) is 0 Å². The van der Waals surface area contributed by atoms with Crippen LogP contribution in [0.1, 0.15) is 36.7 Å². The number of carbonyl (C=O) groups excluding carboxylic acids is 1. The van der Waals surface area contributed by atoms with Crippen molar-refractivity contribution in [1.29, 1.82) is 0 Å². The number of benzene rings is 2. The highest BCUT2D eigenvalue weighted by Gasteiger charge is 2.14. The Bertz CT molecular complexity index is 659. The first kappa shape index (κ1) is 16.1. The lowest BCUT2D eigenvalue weighted by molar-refractivity contribution is 0.102. The molecule has 110 valence electrons. The first-order valence-corrected chi connectivity index (χ1v) is 7.81. The summed E-state index contributed by atoms with van der Waals surface area (Å²) < 4.78 is 0.798. The van der Waals surface area contributed by atoms with Crippen molar-refractivity contribution in [3.63, 3.8) is 0 Å². The van der Waals surface area contributed by atoms with Gasteiger partial charge in [0.2, 0.25) is 0 Å². The normalized spacial score (nSPS) is 11.3. The Kier molecular flexibility index (Phi) is 4.74. The number of anilines is 1. The maximum atomic E-state index is 12.3. The largest absolute Gasteiger partial charge is 0.321 e. The minimum atomic E-state index is -0.154. The van der Waals surface area contributed by atoms with Gasteiger partial charge in [-0.05, 0) is 57.2 Å². The van der Waals surface area contributed by atoms with Gasteiger partial charge in [0.15, 0.2) is 0 Å². The maximum absolute atomic E-state index is 12.3. The zero-order valence-corrected chi connectivity index (χ0v) is 14.5. The Labute approximate surface area is 138 Å². The zero-order valence-electron chi connectivity index (χ0n) is 12.2. The smallest absolute Gasteiger partial charge is 0.255 e. The fraction of sp³-hybridized carbons (Fsp3) is 0.235. The van der Waals surface area contributed by atoms with E-state index in [9.17, 15) is 4.79 Å². The molecule has 2 rings (SSSR count). The molecule has 1 N–H and O–H groups in total. The van der Waals surface area contributed by atoms with E-state index in [0.717, 1.165) is 4.47 Å². The molecule has 0 atom stereocenters. The van der Waals surface area contributed by atoms with E-state index >= 15 is 0 Å². The van der Waals surface area contributed by atoms with Crippen LogP contribution in [0.5, 0.6) is 0 Å². The van der Waals surface area contributed by atoms with Crippen LogP contribution in [0.25, 0.3) is 0 Å². The number of nitrogens with one attached hydrogen (secondary N) is 1. The number of rotatable bonds is 2. The molecule has 0 aromatic heterocycles. The lowest BCUT2D eigenvalue weighted by atomic mass is 9.87. The quantitative estimate of drug-likeness (QED) is 0.731. The van der Waals surface area contributed by atoms with Gasteiger partial charge in [0.05, 0.1) is 5.69 Å². The van der Waals surface area contributed by atoms with Gasteiger partial charge in [0, 0.05) is 15.1 Å². The molecule has 2 aromatic rings. The second kappa shape index (κ2) is 6.20. The number of halogens is 2. The molecule has 2 nitrogen and oxygen atoms in total. The predicted molar refractivity (Wildman–Crippen MR) is 92.2 cm³/mol. The SMILES string of the molecule is CC(C)(C)c1ccc(C(=O)Nc2cc(Cl)ccc2Br)cc1. The van der Waals surface area contributed by atoms with E-state index in [4.69, 9.17) is 11.6 Å². The highest BCUT2D eigenvalue weighted by molar-refractivity contribution is 9.10. The number of hydrogen-bond donors (Lipinski definition) is 1. The van der Waals surface area contributed by atoms with E-state index in [1.165, 1.54) is 5.56 Å². The van der Waals surface area contributed by atoms with Gasteiger partial charge in [-0.15, -0.1) is 0 Å². The van der Waals surface area contributed by atoms with Crippen molar-refractivity contribution in [3.8, 4) is 0 Å². The summed E-state index contributed by atoms with van der Waals surface area (Å²) in [6.45, 7) is 6.43. The third kappa shape index (κ3) is 4.08. The van der Waals surface area contributed by atoms with Gasteiger partial charge in [-0.3, -0.25) is 4.79 Å². The maximum Gasteiger partial charge on any atom is 0.255 e. The Hall–Kier alpha value is -1.32. The Balaban J connectivity index is 2.19. The molecule has 21 heavy (non-hydrogen) atoms. The molecule has 1 amide bonds. The van der Waals surface area contributed by atoms with Gasteiger partial charge in [0.25, 0.3) is 5.91 Å². The summed E-state index contributed by atoms with van der Waals surface area (Å²) in [4.78, 5) is 12.3. The van der Waals surface area contributed by atoms with Gasteiger partial charge < -0.3 is 5.32 Å². The average Bonchev–Trinajstić information content (AvgIpc) is 2.42. The summed E-state index contributed by atoms with van der Waals surface area (Å²) in [5.74, 6) is -0.154. The number of hydrogen-bond acceptors (Lipinski definition) is 1. The molecule has 0 fully saturated rings. The first-order valence-electron chi connectivity index (χ1n) is 6.64. The number of amides is 1. The van der Waals surface area contributed by atoms with Crippen molar-refractivity contribution in [3.05, 3.63) is 63.1 Å². The zero-order chi connectivity index (χ0) is 15.6.